The van der Waals surface area contributed by atoms with E-state index in [4.69, 9.17) is 0 Å². The highest BCUT2D eigenvalue weighted by Gasteiger charge is 2.33. The zero-order valence-electron chi connectivity index (χ0n) is 12.6. The Morgan fingerprint density at radius 1 is 1.41 bits per heavy atom. The van der Waals surface area contributed by atoms with E-state index in [-0.39, 0.29) is 17.5 Å². The monoisotopic (exact) mass is 325 g/mol. The molecule has 0 aromatic carbocycles. The number of hydrogen-bond acceptors (Lipinski definition) is 5. The lowest BCUT2D eigenvalue weighted by molar-refractivity contribution is 0.449. The smallest absolute Gasteiger partial charge is 0.292 e. The van der Waals surface area contributed by atoms with Crippen LogP contribution >= 0.6 is 0 Å². The van der Waals surface area contributed by atoms with Gasteiger partial charge in [-0.25, -0.2) is 23.2 Å². The second-order valence-corrected chi connectivity index (χ2v) is 7.65. The Bertz CT molecular complexity index is 854. The summed E-state index contributed by atoms with van der Waals surface area (Å²) >= 11 is 0. The molecule has 1 fully saturated rings. The third kappa shape index (κ3) is 2.34. The fraction of sp³-hybridized carbons (Fsp3) is 0.615. The Balaban J connectivity index is 1.98. The van der Waals surface area contributed by atoms with Crippen LogP contribution in [0.5, 0.6) is 0 Å². The van der Waals surface area contributed by atoms with Gasteiger partial charge in [0, 0.05) is 20.1 Å². The van der Waals surface area contributed by atoms with Gasteiger partial charge < -0.3 is 0 Å². The Labute approximate surface area is 128 Å². The molecular weight excluding hydrogens is 306 g/mol. The second kappa shape index (κ2) is 5.47. The minimum Gasteiger partial charge on any atom is -0.292 e. The zero-order valence-corrected chi connectivity index (χ0v) is 13.5. The maximum absolute atomic E-state index is 12.4. The van der Waals surface area contributed by atoms with Gasteiger partial charge in [0.1, 0.15) is 11.8 Å². The van der Waals surface area contributed by atoms with Crippen LogP contribution < -0.4 is 5.69 Å². The van der Waals surface area contributed by atoms with Gasteiger partial charge in [-0.15, -0.1) is 0 Å². The number of aryl methyl sites for hydroxylation is 1. The van der Waals surface area contributed by atoms with Gasteiger partial charge in [-0.3, -0.25) is 9.13 Å². The fourth-order valence-corrected chi connectivity index (χ4v) is 4.54. The van der Waals surface area contributed by atoms with E-state index in [9.17, 15) is 13.2 Å². The molecule has 8 nitrogen and oxygen atoms in total. The van der Waals surface area contributed by atoms with Gasteiger partial charge >= 0.3 is 5.69 Å². The van der Waals surface area contributed by atoms with Crippen molar-refractivity contribution >= 4 is 21.2 Å². The van der Waals surface area contributed by atoms with Crippen molar-refractivity contribution in [2.24, 2.45) is 7.05 Å². The summed E-state index contributed by atoms with van der Waals surface area (Å²) in [6, 6.07) is -0.183. The van der Waals surface area contributed by atoms with Gasteiger partial charge in [-0.05, 0) is 12.8 Å². The molecule has 1 atom stereocenters. The third-order valence-corrected chi connectivity index (χ3v) is 6.14. The van der Waals surface area contributed by atoms with E-state index in [0.29, 0.717) is 37.1 Å². The summed E-state index contributed by atoms with van der Waals surface area (Å²) in [7, 11) is -1.56. The molecule has 1 aliphatic rings. The highest BCUT2D eigenvalue weighted by molar-refractivity contribution is 7.89. The molecule has 0 saturated carbocycles. The highest BCUT2D eigenvalue weighted by atomic mass is 32.2. The molecule has 0 spiro atoms. The molecule has 2 aromatic heterocycles. The zero-order chi connectivity index (χ0) is 15.9. The maximum Gasteiger partial charge on any atom is 0.330 e. The molecule has 3 heterocycles. The Morgan fingerprint density at radius 2 is 2.18 bits per heavy atom. The van der Waals surface area contributed by atoms with Crippen molar-refractivity contribution in [1.29, 1.82) is 0 Å². The molecule has 120 valence electrons. The number of hydrogen-bond donors (Lipinski definition) is 0. The predicted octanol–water partition coefficient (Wildman–Crippen LogP) is 0.117. The van der Waals surface area contributed by atoms with Crippen LogP contribution in [-0.2, 0) is 17.1 Å². The van der Waals surface area contributed by atoms with Crippen LogP contribution in [-0.4, -0.2) is 50.7 Å². The summed E-state index contributed by atoms with van der Waals surface area (Å²) in [5.41, 5.74) is 1.03. The SMILES string of the molecule is CCCS(=O)(=O)N1CCC(n2c(=O)n(C)c3cncnc32)C1. The van der Waals surface area contributed by atoms with Gasteiger partial charge in [-0.2, -0.15) is 4.31 Å². The molecule has 1 aliphatic heterocycles. The molecule has 9 heteroatoms. The molecule has 0 radical (unpaired) electrons. The van der Waals surface area contributed by atoms with Gasteiger partial charge in [0.2, 0.25) is 10.0 Å². The number of imidazole rings is 1. The molecule has 22 heavy (non-hydrogen) atoms. The first-order chi connectivity index (χ1) is 10.5. The first kappa shape index (κ1) is 15.2. The molecule has 0 bridgehead atoms. The van der Waals surface area contributed by atoms with Crippen molar-refractivity contribution in [3.63, 3.8) is 0 Å². The second-order valence-electron chi connectivity index (χ2n) is 5.56. The average molecular weight is 325 g/mol. The van der Waals surface area contributed by atoms with Crippen LogP contribution in [0.25, 0.3) is 11.2 Å². The Kier molecular flexibility index (Phi) is 3.77. The van der Waals surface area contributed by atoms with E-state index in [2.05, 4.69) is 9.97 Å². The minimum absolute atomic E-state index is 0.145. The highest BCUT2D eigenvalue weighted by Crippen LogP contribution is 2.25. The summed E-state index contributed by atoms with van der Waals surface area (Å²) in [4.78, 5) is 20.6. The molecule has 3 rings (SSSR count). The molecule has 1 unspecified atom stereocenters. The van der Waals surface area contributed by atoms with Crippen molar-refractivity contribution in [2.75, 3.05) is 18.8 Å². The van der Waals surface area contributed by atoms with Crippen molar-refractivity contribution in [2.45, 2.75) is 25.8 Å². The Hall–Kier alpha value is -1.74. The predicted molar refractivity (Wildman–Crippen MR) is 82.1 cm³/mol. The van der Waals surface area contributed by atoms with Crippen LogP contribution in [0.4, 0.5) is 0 Å². The van der Waals surface area contributed by atoms with Gasteiger partial charge in [-0.1, -0.05) is 6.92 Å². The molecule has 0 amide bonds. The lowest BCUT2D eigenvalue weighted by Gasteiger charge is -2.16. The van der Waals surface area contributed by atoms with E-state index in [1.807, 2.05) is 6.92 Å². The van der Waals surface area contributed by atoms with Crippen molar-refractivity contribution in [3.8, 4) is 0 Å². The molecule has 0 N–H and O–H groups in total. The lowest BCUT2D eigenvalue weighted by atomic mass is 10.2. The lowest BCUT2D eigenvalue weighted by Crippen LogP contribution is -2.33. The van der Waals surface area contributed by atoms with Crippen LogP contribution in [0.2, 0.25) is 0 Å². The fourth-order valence-electron chi connectivity index (χ4n) is 2.98. The first-order valence-electron chi connectivity index (χ1n) is 7.30. The third-order valence-electron chi connectivity index (χ3n) is 4.10. The maximum atomic E-state index is 12.4. The van der Waals surface area contributed by atoms with Crippen molar-refractivity contribution in [1.82, 2.24) is 23.4 Å². The van der Waals surface area contributed by atoms with Crippen molar-refractivity contribution in [3.05, 3.63) is 23.0 Å². The van der Waals surface area contributed by atoms with E-state index in [0.717, 1.165) is 0 Å². The summed E-state index contributed by atoms with van der Waals surface area (Å²) in [5, 5.41) is 0. The van der Waals surface area contributed by atoms with Crippen molar-refractivity contribution < 1.29 is 8.42 Å². The van der Waals surface area contributed by atoms with E-state index >= 15 is 0 Å². The number of rotatable bonds is 4. The van der Waals surface area contributed by atoms with Crippen LogP contribution in [0.15, 0.2) is 17.3 Å². The van der Waals surface area contributed by atoms with E-state index in [1.165, 1.54) is 15.2 Å². The quantitative estimate of drug-likeness (QED) is 0.796. The molecule has 0 aliphatic carbocycles. The number of nitrogens with zero attached hydrogens (tertiary/aromatic N) is 5. The average Bonchev–Trinajstić information content (AvgIpc) is 3.05. The standard InChI is InChI=1S/C13H19N5O3S/c1-3-6-22(20,21)17-5-4-10(8-17)18-12-11(7-14-9-15-12)16(2)13(18)19/h7,9-10H,3-6,8H2,1-2H3. The summed E-state index contributed by atoms with van der Waals surface area (Å²) in [5.74, 6) is 0.145. The molecule has 1 saturated heterocycles. The number of sulfonamides is 1. The van der Waals surface area contributed by atoms with Gasteiger partial charge in [0.25, 0.3) is 0 Å². The minimum atomic E-state index is -3.23. The largest absolute Gasteiger partial charge is 0.330 e. The summed E-state index contributed by atoms with van der Waals surface area (Å²) in [6.07, 6.45) is 4.20. The van der Waals surface area contributed by atoms with Crippen LogP contribution in [0, 0.1) is 0 Å². The number of fused-ring (bicyclic) bond motifs is 1. The topological polar surface area (TPSA) is 90.1 Å². The summed E-state index contributed by atoms with van der Waals surface area (Å²) in [6.45, 7) is 2.61. The van der Waals surface area contributed by atoms with Gasteiger partial charge in [0.05, 0.1) is 18.0 Å². The first-order valence-corrected chi connectivity index (χ1v) is 8.91. The van der Waals surface area contributed by atoms with Gasteiger partial charge in [0.15, 0.2) is 5.65 Å². The summed E-state index contributed by atoms with van der Waals surface area (Å²) < 4.78 is 28.9. The van der Waals surface area contributed by atoms with Crippen LogP contribution in [0.3, 0.4) is 0 Å². The van der Waals surface area contributed by atoms with E-state index < -0.39 is 10.0 Å². The van der Waals surface area contributed by atoms with Crippen LogP contribution in [0.1, 0.15) is 25.8 Å². The molecular formula is C13H19N5O3S. The molecule has 2 aromatic rings. The Morgan fingerprint density at radius 3 is 2.91 bits per heavy atom. The normalized spacial score (nSPS) is 20.0. The number of aromatic nitrogens is 4. The van der Waals surface area contributed by atoms with E-state index in [1.54, 1.807) is 17.8 Å².